The summed E-state index contributed by atoms with van der Waals surface area (Å²) in [4.78, 5) is 0. The Morgan fingerprint density at radius 1 is 1.00 bits per heavy atom. The Bertz CT molecular complexity index is 388. The number of fused-ring (bicyclic) bond motifs is 1. The highest BCUT2D eigenvalue weighted by molar-refractivity contribution is 5.40. The van der Waals surface area contributed by atoms with E-state index in [0.29, 0.717) is 17.9 Å². The zero-order valence-electron chi connectivity index (χ0n) is 12.2. The number of rotatable bonds is 2. The van der Waals surface area contributed by atoms with Gasteiger partial charge in [0.2, 0.25) is 0 Å². The molecule has 1 nitrogen and oxygen atoms in total. The summed E-state index contributed by atoms with van der Waals surface area (Å²) in [5.74, 6) is 1.28. The summed E-state index contributed by atoms with van der Waals surface area (Å²) >= 11 is 0. The quantitative estimate of drug-likeness (QED) is 0.773. The normalized spacial score (nSPS) is 36.4. The van der Waals surface area contributed by atoms with E-state index in [1.54, 1.807) is 0 Å². The van der Waals surface area contributed by atoms with Gasteiger partial charge in [0.05, 0.1) is 0 Å². The van der Waals surface area contributed by atoms with Crippen LogP contribution in [0.4, 0.5) is 0 Å². The van der Waals surface area contributed by atoms with Gasteiger partial charge in [0.1, 0.15) is 0 Å². The van der Waals surface area contributed by atoms with Crippen molar-refractivity contribution in [3.63, 3.8) is 0 Å². The van der Waals surface area contributed by atoms with Crippen molar-refractivity contribution in [2.75, 3.05) is 6.54 Å². The maximum Gasteiger partial charge on any atom is 0.0136 e. The van der Waals surface area contributed by atoms with Crippen molar-refractivity contribution in [2.45, 2.75) is 45.1 Å². The van der Waals surface area contributed by atoms with Gasteiger partial charge in [-0.3, -0.25) is 0 Å². The van der Waals surface area contributed by atoms with Gasteiger partial charge in [0.15, 0.2) is 0 Å². The molecule has 1 saturated heterocycles. The highest BCUT2D eigenvalue weighted by Gasteiger charge is 2.31. The highest BCUT2D eigenvalue weighted by Crippen LogP contribution is 2.38. The van der Waals surface area contributed by atoms with Crippen molar-refractivity contribution >= 4 is 0 Å². The molecule has 1 aliphatic heterocycles. The Morgan fingerprint density at radius 2 is 1.74 bits per heavy atom. The molecule has 1 saturated carbocycles. The molecule has 0 aromatic rings. The van der Waals surface area contributed by atoms with Crippen molar-refractivity contribution in [3.8, 4) is 0 Å². The molecule has 2 aliphatic rings. The molecule has 1 N–H and O–H groups in total. The fourth-order valence-electron chi connectivity index (χ4n) is 3.66. The van der Waals surface area contributed by atoms with Gasteiger partial charge in [-0.2, -0.15) is 0 Å². The van der Waals surface area contributed by atoms with E-state index in [9.17, 15) is 0 Å². The minimum absolute atomic E-state index is 0.632. The molecule has 1 heteroatoms. The van der Waals surface area contributed by atoms with Gasteiger partial charge in [-0.15, -0.1) is 0 Å². The van der Waals surface area contributed by atoms with Crippen LogP contribution in [-0.2, 0) is 0 Å². The molecule has 3 unspecified atom stereocenters. The SMILES string of the molecule is C=C/C=C1\C(=C/C=C)C2CCCNC2CCCC1C. The molecular weight excluding hydrogens is 230 g/mol. The molecule has 104 valence electrons. The lowest BCUT2D eigenvalue weighted by molar-refractivity contribution is 0.281. The van der Waals surface area contributed by atoms with Crippen LogP contribution in [0.2, 0.25) is 0 Å². The van der Waals surface area contributed by atoms with Crippen LogP contribution in [0.3, 0.4) is 0 Å². The largest absolute Gasteiger partial charge is 0.313 e. The second-order valence-electron chi connectivity index (χ2n) is 5.86. The Hall–Kier alpha value is -1.08. The molecule has 0 spiro atoms. The van der Waals surface area contributed by atoms with Gasteiger partial charge in [0, 0.05) is 6.04 Å². The third kappa shape index (κ3) is 3.27. The standard InChI is InChI=1S/C18H27N/c1-4-8-15-14(3)10-6-12-18-17(11-7-13-19-18)16(15)9-5-2/h4-5,8-9,14,17-19H,1-2,6-7,10-13H2,3H3/b15-8-,16-9+. The van der Waals surface area contributed by atoms with Crippen LogP contribution in [0.25, 0.3) is 0 Å². The lowest BCUT2D eigenvalue weighted by Gasteiger charge is -2.38. The summed E-state index contributed by atoms with van der Waals surface area (Å²) < 4.78 is 0. The van der Waals surface area contributed by atoms with Gasteiger partial charge in [0.25, 0.3) is 0 Å². The van der Waals surface area contributed by atoms with E-state index >= 15 is 0 Å². The van der Waals surface area contributed by atoms with E-state index in [1.165, 1.54) is 49.8 Å². The number of hydrogen-bond donors (Lipinski definition) is 1. The molecule has 0 bridgehead atoms. The van der Waals surface area contributed by atoms with Crippen molar-refractivity contribution < 1.29 is 0 Å². The monoisotopic (exact) mass is 257 g/mol. The molecule has 0 amide bonds. The molecule has 1 heterocycles. The Labute approximate surface area is 118 Å². The zero-order valence-corrected chi connectivity index (χ0v) is 12.2. The first-order valence-electron chi connectivity index (χ1n) is 7.67. The summed E-state index contributed by atoms with van der Waals surface area (Å²) in [6.07, 6.45) is 14.8. The van der Waals surface area contributed by atoms with Crippen LogP contribution in [0.1, 0.15) is 39.0 Å². The van der Waals surface area contributed by atoms with Crippen molar-refractivity contribution in [1.29, 1.82) is 0 Å². The van der Waals surface area contributed by atoms with E-state index in [2.05, 4.69) is 37.6 Å². The summed E-state index contributed by atoms with van der Waals surface area (Å²) in [6, 6.07) is 0.653. The molecule has 3 atom stereocenters. The van der Waals surface area contributed by atoms with Crippen molar-refractivity contribution in [2.24, 2.45) is 11.8 Å². The highest BCUT2D eigenvalue weighted by atomic mass is 14.9. The first kappa shape index (κ1) is 14.3. The van der Waals surface area contributed by atoms with Crippen LogP contribution in [0.5, 0.6) is 0 Å². The van der Waals surface area contributed by atoms with Gasteiger partial charge < -0.3 is 5.32 Å². The van der Waals surface area contributed by atoms with Crippen LogP contribution in [-0.4, -0.2) is 12.6 Å². The Balaban J connectivity index is 2.38. The fraction of sp³-hybridized carbons (Fsp3) is 0.556. The van der Waals surface area contributed by atoms with E-state index in [0.717, 1.165) is 0 Å². The minimum atomic E-state index is 0.632. The van der Waals surface area contributed by atoms with E-state index in [-0.39, 0.29) is 0 Å². The third-order valence-corrected chi connectivity index (χ3v) is 4.59. The molecule has 19 heavy (non-hydrogen) atoms. The van der Waals surface area contributed by atoms with E-state index < -0.39 is 0 Å². The summed E-state index contributed by atoms with van der Waals surface area (Å²) in [6.45, 7) is 11.3. The maximum absolute atomic E-state index is 3.92. The lowest BCUT2D eigenvalue weighted by atomic mass is 9.73. The van der Waals surface area contributed by atoms with Gasteiger partial charge in [-0.1, -0.05) is 50.8 Å². The number of allylic oxidation sites excluding steroid dienone is 5. The van der Waals surface area contributed by atoms with Crippen LogP contribution in [0, 0.1) is 11.8 Å². The molecule has 2 fully saturated rings. The second kappa shape index (κ2) is 6.91. The predicted octanol–water partition coefficient (Wildman–Crippen LogP) is 4.40. The predicted molar refractivity (Wildman–Crippen MR) is 84.1 cm³/mol. The summed E-state index contributed by atoms with van der Waals surface area (Å²) in [5.41, 5.74) is 2.98. The minimum Gasteiger partial charge on any atom is -0.313 e. The van der Waals surface area contributed by atoms with Crippen LogP contribution < -0.4 is 5.32 Å². The van der Waals surface area contributed by atoms with Crippen molar-refractivity contribution in [3.05, 3.63) is 48.6 Å². The number of piperidine rings is 1. The lowest BCUT2D eigenvalue weighted by Crippen LogP contribution is -2.43. The first-order chi connectivity index (χ1) is 9.27. The Morgan fingerprint density at radius 3 is 2.47 bits per heavy atom. The molecule has 0 aromatic carbocycles. The number of hydrogen-bond acceptors (Lipinski definition) is 1. The maximum atomic E-state index is 3.92. The summed E-state index contributed by atoms with van der Waals surface area (Å²) in [5, 5.41) is 3.73. The summed E-state index contributed by atoms with van der Waals surface area (Å²) in [7, 11) is 0. The molecule has 0 aromatic heterocycles. The molecule has 0 radical (unpaired) electrons. The van der Waals surface area contributed by atoms with Gasteiger partial charge in [-0.25, -0.2) is 0 Å². The van der Waals surface area contributed by atoms with E-state index in [4.69, 9.17) is 0 Å². The van der Waals surface area contributed by atoms with Crippen LogP contribution >= 0.6 is 0 Å². The van der Waals surface area contributed by atoms with Crippen molar-refractivity contribution in [1.82, 2.24) is 5.32 Å². The molecule has 2 rings (SSSR count). The van der Waals surface area contributed by atoms with Gasteiger partial charge in [-0.05, 0) is 55.2 Å². The average Bonchev–Trinajstić information content (AvgIpc) is 2.42. The fourth-order valence-corrected chi connectivity index (χ4v) is 3.66. The Kier molecular flexibility index (Phi) is 5.21. The molecular formula is C18H27N. The second-order valence-corrected chi connectivity index (χ2v) is 5.86. The average molecular weight is 257 g/mol. The van der Waals surface area contributed by atoms with E-state index in [1.807, 2.05) is 12.2 Å². The first-order valence-corrected chi connectivity index (χ1v) is 7.67. The number of nitrogens with one attached hydrogen (secondary N) is 1. The topological polar surface area (TPSA) is 12.0 Å². The zero-order chi connectivity index (χ0) is 13.7. The smallest absolute Gasteiger partial charge is 0.0136 e. The third-order valence-electron chi connectivity index (χ3n) is 4.59. The van der Waals surface area contributed by atoms with Gasteiger partial charge >= 0.3 is 0 Å². The molecule has 1 aliphatic carbocycles. The van der Waals surface area contributed by atoms with Crippen LogP contribution in [0.15, 0.2) is 48.6 Å².